The summed E-state index contributed by atoms with van der Waals surface area (Å²) in [6.45, 7) is 5.29. The number of ether oxygens (including phenoxy) is 1. The van der Waals surface area contributed by atoms with Crippen molar-refractivity contribution in [3.63, 3.8) is 0 Å². The molecule has 0 bridgehead atoms. The van der Waals surface area contributed by atoms with E-state index in [1.165, 1.54) is 24.3 Å². The first-order valence-corrected chi connectivity index (χ1v) is 9.58. The number of hydrogen-bond acceptors (Lipinski definition) is 5. The number of sulfonamides is 1. The van der Waals surface area contributed by atoms with E-state index in [-0.39, 0.29) is 29.4 Å². The fraction of sp³-hybridized carbons (Fsp3) is 0.333. The van der Waals surface area contributed by atoms with E-state index in [9.17, 15) is 18.0 Å². The molecule has 0 saturated carbocycles. The third kappa shape index (κ3) is 4.20. The van der Waals surface area contributed by atoms with Crippen LogP contribution in [0.2, 0.25) is 0 Å². The van der Waals surface area contributed by atoms with Gasteiger partial charge in [-0.2, -0.15) is 0 Å². The van der Waals surface area contributed by atoms with Crippen LogP contribution in [0.3, 0.4) is 0 Å². The molecule has 0 aliphatic heterocycles. The van der Waals surface area contributed by atoms with Crippen LogP contribution in [0.1, 0.15) is 39.0 Å². The Hall–Kier alpha value is -2.45. The molecule has 0 aliphatic carbocycles. The van der Waals surface area contributed by atoms with Gasteiger partial charge < -0.3 is 9.30 Å². The molecule has 0 radical (unpaired) electrons. The van der Waals surface area contributed by atoms with Gasteiger partial charge in [0.05, 0.1) is 10.5 Å². The van der Waals surface area contributed by atoms with Gasteiger partial charge in [-0.3, -0.25) is 4.79 Å². The van der Waals surface area contributed by atoms with Gasteiger partial charge in [-0.25, -0.2) is 17.9 Å². The van der Waals surface area contributed by atoms with Crippen molar-refractivity contribution in [2.45, 2.75) is 25.7 Å². The molecule has 140 valence electrons. The lowest BCUT2D eigenvalue weighted by atomic mass is 10.1. The smallest absolute Gasteiger partial charge is 0.338 e. The molecule has 1 aromatic heterocycles. The first-order chi connectivity index (χ1) is 12.2. The first kappa shape index (κ1) is 19.9. The number of nitrogens with zero attached hydrogens (tertiary/aromatic N) is 1. The average Bonchev–Trinajstić information content (AvgIpc) is 2.87. The second-order valence-electron chi connectivity index (χ2n) is 5.87. The number of nitrogens with one attached hydrogen (secondary N) is 1. The summed E-state index contributed by atoms with van der Waals surface area (Å²) in [6.07, 6.45) is 0. The molecule has 0 amide bonds. The summed E-state index contributed by atoms with van der Waals surface area (Å²) in [5.74, 6) is -0.970. The second-order valence-corrected chi connectivity index (χ2v) is 7.64. The van der Waals surface area contributed by atoms with Gasteiger partial charge in [0.1, 0.15) is 0 Å². The molecule has 0 spiro atoms. The normalized spacial score (nSPS) is 11.4. The predicted molar refractivity (Wildman–Crippen MR) is 96.8 cm³/mol. The Morgan fingerprint density at radius 3 is 2.27 bits per heavy atom. The number of aromatic nitrogens is 1. The molecule has 0 saturated heterocycles. The van der Waals surface area contributed by atoms with Gasteiger partial charge >= 0.3 is 5.97 Å². The number of carbonyl (C=O) groups is 2. The maximum atomic E-state index is 12.2. The van der Waals surface area contributed by atoms with Crippen LogP contribution < -0.4 is 4.72 Å². The Labute approximate surface area is 153 Å². The minimum Gasteiger partial charge on any atom is -0.454 e. The Kier molecular flexibility index (Phi) is 5.99. The number of esters is 1. The van der Waals surface area contributed by atoms with Gasteiger partial charge in [-0.05, 0) is 44.2 Å². The van der Waals surface area contributed by atoms with Gasteiger partial charge in [0.25, 0.3) is 0 Å². The zero-order valence-corrected chi connectivity index (χ0v) is 16.0. The Bertz CT molecular complexity index is 927. The summed E-state index contributed by atoms with van der Waals surface area (Å²) in [5.41, 5.74) is 2.44. The van der Waals surface area contributed by atoms with Crippen LogP contribution >= 0.6 is 0 Å². The van der Waals surface area contributed by atoms with Crippen LogP contribution in [-0.2, 0) is 21.8 Å². The van der Waals surface area contributed by atoms with Crippen molar-refractivity contribution in [1.82, 2.24) is 9.29 Å². The second kappa shape index (κ2) is 7.84. The highest BCUT2D eigenvalue weighted by Gasteiger charge is 2.18. The van der Waals surface area contributed by atoms with Crippen LogP contribution in [0.15, 0.2) is 35.2 Å². The molecule has 7 nitrogen and oxygen atoms in total. The molecule has 0 atom stereocenters. The van der Waals surface area contributed by atoms with E-state index < -0.39 is 16.0 Å². The first-order valence-electron chi connectivity index (χ1n) is 8.10. The number of ketones is 1. The lowest BCUT2D eigenvalue weighted by Gasteiger charge is -2.07. The molecule has 1 aromatic carbocycles. The van der Waals surface area contributed by atoms with Crippen molar-refractivity contribution in [3.05, 3.63) is 52.8 Å². The van der Waals surface area contributed by atoms with Crippen LogP contribution in [0.5, 0.6) is 0 Å². The fourth-order valence-electron chi connectivity index (χ4n) is 2.47. The van der Waals surface area contributed by atoms with Gasteiger partial charge in [-0.1, -0.05) is 6.92 Å². The summed E-state index contributed by atoms with van der Waals surface area (Å²) in [7, 11) is -1.72. The highest BCUT2D eigenvalue weighted by atomic mass is 32.2. The minimum atomic E-state index is -3.58. The van der Waals surface area contributed by atoms with E-state index in [1.54, 1.807) is 13.0 Å². The number of Topliss-reactive ketones (excluding diaryl/α,β-unsaturated/α-hetero) is 1. The zero-order chi connectivity index (χ0) is 19.5. The van der Waals surface area contributed by atoms with Gasteiger partial charge in [-0.15, -0.1) is 0 Å². The quantitative estimate of drug-likeness (QED) is 0.587. The van der Waals surface area contributed by atoms with Crippen LogP contribution in [0.4, 0.5) is 0 Å². The van der Waals surface area contributed by atoms with E-state index in [2.05, 4.69) is 4.72 Å². The highest BCUT2D eigenvalue weighted by molar-refractivity contribution is 7.89. The molecule has 0 unspecified atom stereocenters. The minimum absolute atomic E-state index is 0.0577. The standard InChI is InChI=1S/C18H22N2O5S/c1-5-19-26(23,24)15-8-6-14(7-9-15)18(22)25-11-17(21)16-10-12(2)20(4)13(16)3/h6-10,19H,5,11H2,1-4H3. The van der Waals surface area contributed by atoms with Gasteiger partial charge in [0.15, 0.2) is 6.61 Å². The number of benzene rings is 1. The van der Waals surface area contributed by atoms with Gasteiger partial charge in [0.2, 0.25) is 15.8 Å². The molecule has 0 aliphatic rings. The summed E-state index contributed by atoms with van der Waals surface area (Å²) in [6, 6.07) is 7.11. The SMILES string of the molecule is CCNS(=O)(=O)c1ccc(C(=O)OCC(=O)c2cc(C)n(C)c2C)cc1. The molecule has 8 heteroatoms. The van der Waals surface area contributed by atoms with Crippen molar-refractivity contribution in [2.75, 3.05) is 13.2 Å². The Morgan fingerprint density at radius 1 is 1.15 bits per heavy atom. The van der Waals surface area contributed by atoms with Crippen molar-refractivity contribution >= 4 is 21.8 Å². The highest BCUT2D eigenvalue weighted by Crippen LogP contribution is 2.15. The van der Waals surface area contributed by atoms with E-state index in [4.69, 9.17) is 4.74 Å². The van der Waals surface area contributed by atoms with Crippen molar-refractivity contribution in [1.29, 1.82) is 0 Å². The number of carbonyl (C=O) groups excluding carboxylic acids is 2. The molecule has 2 aromatic rings. The third-order valence-corrected chi connectivity index (χ3v) is 5.71. The van der Waals surface area contributed by atoms with Crippen LogP contribution in [0.25, 0.3) is 0 Å². The average molecular weight is 378 g/mol. The van der Waals surface area contributed by atoms with Crippen molar-refractivity contribution in [3.8, 4) is 0 Å². The molecule has 1 N–H and O–H groups in total. The summed E-state index contributed by atoms with van der Waals surface area (Å²) in [4.78, 5) is 24.4. The fourth-order valence-corrected chi connectivity index (χ4v) is 3.51. The maximum Gasteiger partial charge on any atom is 0.338 e. The van der Waals surface area contributed by atoms with Crippen LogP contribution in [0, 0.1) is 13.8 Å². The van der Waals surface area contributed by atoms with Gasteiger partial charge in [0, 0.05) is 30.5 Å². The molecule has 26 heavy (non-hydrogen) atoms. The zero-order valence-electron chi connectivity index (χ0n) is 15.2. The number of aryl methyl sites for hydroxylation is 1. The molecule has 0 fully saturated rings. The van der Waals surface area contributed by atoms with E-state index in [0.29, 0.717) is 5.56 Å². The van der Waals surface area contributed by atoms with Crippen molar-refractivity contribution in [2.24, 2.45) is 7.05 Å². The number of rotatable bonds is 7. The van der Waals surface area contributed by atoms with E-state index in [1.807, 2.05) is 25.5 Å². The van der Waals surface area contributed by atoms with E-state index in [0.717, 1.165) is 11.4 Å². The van der Waals surface area contributed by atoms with Crippen LogP contribution in [-0.4, -0.2) is 37.9 Å². The lowest BCUT2D eigenvalue weighted by molar-refractivity contribution is 0.0474. The topological polar surface area (TPSA) is 94.5 Å². The predicted octanol–water partition coefficient (Wildman–Crippen LogP) is 1.98. The Morgan fingerprint density at radius 2 is 1.77 bits per heavy atom. The lowest BCUT2D eigenvalue weighted by Crippen LogP contribution is -2.23. The molecular weight excluding hydrogens is 356 g/mol. The summed E-state index contributed by atoms with van der Waals surface area (Å²) in [5, 5.41) is 0. The maximum absolute atomic E-state index is 12.2. The molecule has 2 rings (SSSR count). The number of hydrogen-bond donors (Lipinski definition) is 1. The summed E-state index contributed by atoms with van der Waals surface area (Å²) >= 11 is 0. The third-order valence-electron chi connectivity index (χ3n) is 4.14. The van der Waals surface area contributed by atoms with Crippen molar-refractivity contribution < 1.29 is 22.7 Å². The molecular formula is C18H22N2O5S. The summed E-state index contributed by atoms with van der Waals surface area (Å²) < 4.78 is 33.1. The molecule has 1 heterocycles. The largest absolute Gasteiger partial charge is 0.454 e. The monoisotopic (exact) mass is 378 g/mol. The Balaban J connectivity index is 2.04. The van der Waals surface area contributed by atoms with E-state index >= 15 is 0 Å².